The molecule has 0 aliphatic carbocycles. The van der Waals surface area contributed by atoms with Crippen molar-refractivity contribution in [3.05, 3.63) is 71.3 Å². The largest absolute Gasteiger partial charge is 0.375 e. The van der Waals surface area contributed by atoms with Crippen molar-refractivity contribution in [1.29, 1.82) is 0 Å². The highest BCUT2D eigenvalue weighted by Crippen LogP contribution is 2.44. The molecule has 0 aromatic heterocycles. The zero-order valence-electron chi connectivity index (χ0n) is 12.3. The predicted octanol–water partition coefficient (Wildman–Crippen LogP) is 3.49. The van der Waals surface area contributed by atoms with Gasteiger partial charge in [0, 0.05) is 12.8 Å². The summed E-state index contributed by atoms with van der Waals surface area (Å²) < 4.78 is 12.5. The predicted molar refractivity (Wildman–Crippen MR) is 82.3 cm³/mol. The van der Waals surface area contributed by atoms with Crippen molar-refractivity contribution in [3.8, 4) is 0 Å². The van der Waals surface area contributed by atoms with E-state index in [1.807, 2.05) is 0 Å². The Labute approximate surface area is 125 Å². The first kappa shape index (κ1) is 13.1. The number of fused-ring (bicyclic) bond motifs is 4. The molecule has 0 unspecified atom stereocenters. The van der Waals surface area contributed by atoms with E-state index in [9.17, 15) is 0 Å². The van der Waals surface area contributed by atoms with Gasteiger partial charge in [-0.2, -0.15) is 0 Å². The first-order valence-electron chi connectivity index (χ1n) is 7.59. The molecule has 0 amide bonds. The van der Waals surface area contributed by atoms with Gasteiger partial charge in [0.05, 0.1) is 13.2 Å². The number of hydrogen-bond acceptors (Lipinski definition) is 2. The fourth-order valence-corrected chi connectivity index (χ4v) is 3.84. The average molecular weight is 280 g/mol. The summed E-state index contributed by atoms with van der Waals surface area (Å²) in [6.45, 7) is 3.47. The molecule has 0 saturated carbocycles. The van der Waals surface area contributed by atoms with Crippen LogP contribution in [0.15, 0.2) is 54.6 Å². The van der Waals surface area contributed by atoms with Gasteiger partial charge in [0.15, 0.2) is 0 Å². The molecule has 4 rings (SSSR count). The molecule has 2 aliphatic rings. The molecule has 108 valence electrons. The maximum Gasteiger partial charge on any atom is 0.115 e. The summed E-state index contributed by atoms with van der Waals surface area (Å²) >= 11 is 0. The van der Waals surface area contributed by atoms with Crippen LogP contribution in [0.2, 0.25) is 0 Å². The van der Waals surface area contributed by atoms with Crippen LogP contribution in [0.1, 0.15) is 23.6 Å². The summed E-state index contributed by atoms with van der Waals surface area (Å²) in [6, 6.07) is 19.2. The third-order valence-corrected chi connectivity index (χ3v) is 4.65. The standard InChI is InChI=1S/C19H20O2/c1-18-13-20-14-19(21-18,11-15-7-3-2-4-8-15)12-16-9-5-6-10-17(16)18/h2-10H,11-14H2,1H3/t18-,19-/m0/s1. The van der Waals surface area contributed by atoms with Crippen LogP contribution in [0, 0.1) is 0 Å². The van der Waals surface area contributed by atoms with Gasteiger partial charge in [-0.3, -0.25) is 0 Å². The van der Waals surface area contributed by atoms with E-state index >= 15 is 0 Å². The highest BCUT2D eigenvalue weighted by Gasteiger charge is 2.49. The van der Waals surface area contributed by atoms with Gasteiger partial charge in [-0.15, -0.1) is 0 Å². The van der Waals surface area contributed by atoms with E-state index in [1.165, 1.54) is 16.7 Å². The maximum atomic E-state index is 6.60. The van der Waals surface area contributed by atoms with E-state index < -0.39 is 0 Å². The fraction of sp³-hybridized carbons (Fsp3) is 0.368. The highest BCUT2D eigenvalue weighted by molar-refractivity contribution is 5.37. The number of benzene rings is 2. The number of hydrogen-bond donors (Lipinski definition) is 0. The molecule has 2 aliphatic heterocycles. The number of rotatable bonds is 2. The zero-order valence-corrected chi connectivity index (χ0v) is 12.3. The zero-order chi connectivity index (χ0) is 14.3. The van der Waals surface area contributed by atoms with Gasteiger partial charge in [0.25, 0.3) is 0 Å². The molecule has 0 spiro atoms. The first-order chi connectivity index (χ1) is 10.2. The SMILES string of the molecule is C[C@]12COC[C@](Cc3ccccc3)(Cc3ccccc31)O2. The van der Waals surface area contributed by atoms with E-state index in [1.54, 1.807) is 0 Å². The molecule has 1 fully saturated rings. The van der Waals surface area contributed by atoms with Crippen LogP contribution in [-0.4, -0.2) is 18.8 Å². The third kappa shape index (κ3) is 2.19. The van der Waals surface area contributed by atoms with Crippen molar-refractivity contribution in [1.82, 2.24) is 0 Å². The van der Waals surface area contributed by atoms with Crippen LogP contribution in [0.3, 0.4) is 0 Å². The molecular formula is C19H20O2. The van der Waals surface area contributed by atoms with Gasteiger partial charge >= 0.3 is 0 Å². The Hall–Kier alpha value is -1.64. The van der Waals surface area contributed by atoms with Crippen molar-refractivity contribution in [3.63, 3.8) is 0 Å². The molecule has 2 bridgehead atoms. The monoisotopic (exact) mass is 280 g/mol. The van der Waals surface area contributed by atoms with Gasteiger partial charge in [-0.05, 0) is 23.6 Å². The topological polar surface area (TPSA) is 18.5 Å². The summed E-state index contributed by atoms with van der Waals surface area (Å²) in [5.41, 5.74) is 3.45. The molecule has 0 radical (unpaired) electrons. The van der Waals surface area contributed by atoms with Gasteiger partial charge in [0.1, 0.15) is 11.2 Å². The summed E-state index contributed by atoms with van der Waals surface area (Å²) in [5, 5.41) is 0. The minimum absolute atomic E-state index is 0.233. The van der Waals surface area contributed by atoms with Crippen LogP contribution in [-0.2, 0) is 27.9 Å². The summed E-state index contributed by atoms with van der Waals surface area (Å²) in [5.74, 6) is 0. The summed E-state index contributed by atoms with van der Waals surface area (Å²) in [7, 11) is 0. The lowest BCUT2D eigenvalue weighted by atomic mass is 9.77. The smallest absolute Gasteiger partial charge is 0.115 e. The van der Waals surface area contributed by atoms with Crippen molar-refractivity contribution in [2.75, 3.05) is 13.2 Å². The van der Waals surface area contributed by atoms with E-state index in [0.29, 0.717) is 13.2 Å². The minimum Gasteiger partial charge on any atom is -0.375 e. The van der Waals surface area contributed by atoms with Gasteiger partial charge in [-0.1, -0.05) is 54.6 Å². The van der Waals surface area contributed by atoms with E-state index in [4.69, 9.17) is 9.47 Å². The number of ether oxygens (including phenoxy) is 2. The molecule has 2 aromatic rings. The molecule has 2 atom stereocenters. The van der Waals surface area contributed by atoms with E-state index in [2.05, 4.69) is 61.5 Å². The fourth-order valence-electron chi connectivity index (χ4n) is 3.84. The average Bonchev–Trinajstić information content (AvgIpc) is 2.48. The van der Waals surface area contributed by atoms with Crippen molar-refractivity contribution < 1.29 is 9.47 Å². The first-order valence-corrected chi connectivity index (χ1v) is 7.59. The second-order valence-electron chi connectivity index (χ2n) is 6.51. The van der Waals surface area contributed by atoms with Crippen LogP contribution in [0.25, 0.3) is 0 Å². The molecule has 21 heavy (non-hydrogen) atoms. The quantitative estimate of drug-likeness (QED) is 0.838. The Morgan fingerprint density at radius 3 is 2.57 bits per heavy atom. The minimum atomic E-state index is -0.318. The summed E-state index contributed by atoms with van der Waals surface area (Å²) in [6.07, 6.45) is 1.82. The highest BCUT2D eigenvalue weighted by atomic mass is 16.6. The Kier molecular flexibility index (Phi) is 2.91. The molecule has 2 aromatic carbocycles. The molecule has 2 heteroatoms. The second-order valence-corrected chi connectivity index (χ2v) is 6.51. The molecular weight excluding hydrogens is 260 g/mol. The normalized spacial score (nSPS) is 30.7. The third-order valence-electron chi connectivity index (χ3n) is 4.65. The van der Waals surface area contributed by atoms with Crippen LogP contribution >= 0.6 is 0 Å². The van der Waals surface area contributed by atoms with E-state index in [0.717, 1.165) is 12.8 Å². The van der Waals surface area contributed by atoms with Crippen molar-refractivity contribution >= 4 is 0 Å². The Morgan fingerprint density at radius 1 is 0.952 bits per heavy atom. The Morgan fingerprint density at radius 2 is 1.71 bits per heavy atom. The van der Waals surface area contributed by atoms with Crippen molar-refractivity contribution in [2.24, 2.45) is 0 Å². The van der Waals surface area contributed by atoms with Crippen LogP contribution in [0.4, 0.5) is 0 Å². The van der Waals surface area contributed by atoms with Crippen molar-refractivity contribution in [2.45, 2.75) is 31.0 Å². The van der Waals surface area contributed by atoms with Gasteiger partial charge in [0.2, 0.25) is 0 Å². The van der Waals surface area contributed by atoms with Crippen LogP contribution in [0.5, 0.6) is 0 Å². The molecule has 2 heterocycles. The lowest BCUT2D eigenvalue weighted by molar-refractivity contribution is -0.257. The maximum absolute atomic E-state index is 6.60. The van der Waals surface area contributed by atoms with Gasteiger partial charge < -0.3 is 9.47 Å². The summed E-state index contributed by atoms with van der Waals surface area (Å²) in [4.78, 5) is 0. The molecule has 2 nitrogen and oxygen atoms in total. The van der Waals surface area contributed by atoms with Crippen LogP contribution < -0.4 is 0 Å². The molecule has 1 saturated heterocycles. The lowest BCUT2D eigenvalue weighted by Gasteiger charge is -2.51. The Balaban J connectivity index is 1.74. The van der Waals surface area contributed by atoms with Gasteiger partial charge in [-0.25, -0.2) is 0 Å². The Bertz CT molecular complexity index is 652. The molecule has 0 N–H and O–H groups in total. The lowest BCUT2D eigenvalue weighted by Crippen LogP contribution is -2.57. The second kappa shape index (κ2) is 4.69. The van der Waals surface area contributed by atoms with E-state index in [-0.39, 0.29) is 11.2 Å².